The number of nitrogens with one attached hydrogen (secondary N) is 1. The molecule has 10 heteroatoms. The lowest BCUT2D eigenvalue weighted by molar-refractivity contribution is 0.0593. The summed E-state index contributed by atoms with van der Waals surface area (Å²) in [6.45, 7) is 1.34. The molecule has 0 aromatic carbocycles. The number of thiophene rings is 1. The molecule has 3 aromatic heterocycles. The molecule has 5 rings (SSSR count). The first-order valence-corrected chi connectivity index (χ1v) is 12.8. The number of H-pyrrole nitrogens is 1. The smallest absolute Gasteiger partial charge is 0.343 e. The number of aryl methyl sites for hydroxylation is 1. The van der Waals surface area contributed by atoms with Gasteiger partial charge in [-0.15, -0.1) is 11.3 Å². The van der Waals surface area contributed by atoms with Gasteiger partial charge in [-0.3, -0.25) is 14.7 Å². The second kappa shape index (κ2) is 10.1. The van der Waals surface area contributed by atoms with Crippen LogP contribution in [0.5, 0.6) is 5.75 Å². The van der Waals surface area contributed by atoms with E-state index in [0.717, 1.165) is 41.8 Å². The fourth-order valence-electron chi connectivity index (χ4n) is 4.91. The standard InChI is InChI=1S/C25H28N4O5S/c1-33-25(32)22-19-8-10-28(24(31)23-17-6-2-3-7-18(17)26-27-23)11-12-29(19)21(30)15-20(22)34-13-9-16-5-4-14-35-16/h4-5,14-15H,2-3,6-13H2,1H3,(H,26,27). The Balaban J connectivity index is 1.39. The van der Waals surface area contributed by atoms with Gasteiger partial charge in [0.15, 0.2) is 5.69 Å². The zero-order valence-corrected chi connectivity index (χ0v) is 20.5. The Morgan fingerprint density at radius 2 is 2.03 bits per heavy atom. The molecule has 4 heterocycles. The molecule has 35 heavy (non-hydrogen) atoms. The van der Waals surface area contributed by atoms with Crippen LogP contribution < -0.4 is 10.3 Å². The summed E-state index contributed by atoms with van der Waals surface area (Å²) >= 11 is 1.63. The van der Waals surface area contributed by atoms with Crippen molar-refractivity contribution >= 4 is 23.2 Å². The van der Waals surface area contributed by atoms with Crippen molar-refractivity contribution in [1.29, 1.82) is 0 Å². The molecule has 1 amide bonds. The summed E-state index contributed by atoms with van der Waals surface area (Å²) in [6, 6.07) is 5.34. The number of nitrogens with zero attached hydrogens (tertiary/aromatic N) is 3. The Bertz CT molecular complexity index is 1290. The molecule has 9 nitrogen and oxygen atoms in total. The molecule has 0 fully saturated rings. The van der Waals surface area contributed by atoms with Crippen molar-refractivity contribution in [2.75, 3.05) is 26.8 Å². The highest BCUT2D eigenvalue weighted by atomic mass is 32.1. The maximum absolute atomic E-state index is 13.4. The van der Waals surface area contributed by atoms with Crippen molar-refractivity contribution in [3.63, 3.8) is 0 Å². The fourth-order valence-corrected chi connectivity index (χ4v) is 5.60. The lowest BCUT2D eigenvalue weighted by Crippen LogP contribution is -2.35. The van der Waals surface area contributed by atoms with Crippen LogP contribution in [0.2, 0.25) is 0 Å². The number of carbonyl (C=O) groups is 2. The fraction of sp³-hybridized carbons (Fsp3) is 0.440. The molecule has 1 aliphatic carbocycles. The van der Waals surface area contributed by atoms with E-state index in [-0.39, 0.29) is 29.3 Å². The summed E-state index contributed by atoms with van der Waals surface area (Å²) in [4.78, 5) is 42.0. The molecule has 1 aliphatic heterocycles. The van der Waals surface area contributed by atoms with E-state index in [9.17, 15) is 14.4 Å². The summed E-state index contributed by atoms with van der Waals surface area (Å²) in [5.74, 6) is -0.468. The number of aromatic amines is 1. The Kier molecular flexibility index (Phi) is 6.72. The molecule has 0 unspecified atom stereocenters. The molecule has 1 N–H and O–H groups in total. The minimum Gasteiger partial charge on any atom is -0.492 e. The second-order valence-electron chi connectivity index (χ2n) is 8.77. The van der Waals surface area contributed by atoms with Crippen LogP contribution in [0.3, 0.4) is 0 Å². The van der Waals surface area contributed by atoms with E-state index in [1.165, 1.54) is 13.2 Å². The number of hydrogen-bond donors (Lipinski definition) is 1. The van der Waals surface area contributed by atoms with Gasteiger partial charge in [0.2, 0.25) is 0 Å². The molecule has 0 atom stereocenters. The van der Waals surface area contributed by atoms with Crippen molar-refractivity contribution in [2.24, 2.45) is 0 Å². The van der Waals surface area contributed by atoms with Crippen LogP contribution in [0, 0.1) is 0 Å². The van der Waals surface area contributed by atoms with Gasteiger partial charge in [-0.25, -0.2) is 4.79 Å². The van der Waals surface area contributed by atoms with E-state index in [4.69, 9.17) is 9.47 Å². The maximum atomic E-state index is 13.4. The highest BCUT2D eigenvalue weighted by Crippen LogP contribution is 2.26. The monoisotopic (exact) mass is 496 g/mol. The van der Waals surface area contributed by atoms with Crippen molar-refractivity contribution in [2.45, 2.75) is 45.1 Å². The number of aromatic nitrogens is 3. The molecule has 2 aliphatic rings. The average Bonchev–Trinajstić information content (AvgIpc) is 3.49. The van der Waals surface area contributed by atoms with Gasteiger partial charge in [0, 0.05) is 60.4 Å². The Morgan fingerprint density at radius 1 is 1.17 bits per heavy atom. The first-order chi connectivity index (χ1) is 17.1. The van der Waals surface area contributed by atoms with Gasteiger partial charge in [0.25, 0.3) is 11.5 Å². The highest BCUT2D eigenvalue weighted by molar-refractivity contribution is 7.09. The molecular weight excluding hydrogens is 468 g/mol. The first-order valence-electron chi connectivity index (χ1n) is 11.9. The Labute approximate surface area is 206 Å². The summed E-state index contributed by atoms with van der Waals surface area (Å²) in [5.41, 5.74) is 3.07. The van der Waals surface area contributed by atoms with Crippen molar-refractivity contribution in [3.8, 4) is 5.75 Å². The third-order valence-electron chi connectivity index (χ3n) is 6.72. The zero-order valence-electron chi connectivity index (χ0n) is 19.7. The SMILES string of the molecule is COC(=O)c1c(OCCc2cccs2)cc(=O)n2c1CCN(C(=O)c1n[nH]c3c1CCCC3)CC2. The van der Waals surface area contributed by atoms with E-state index in [0.29, 0.717) is 43.9 Å². The van der Waals surface area contributed by atoms with Crippen LogP contribution in [0.4, 0.5) is 0 Å². The highest BCUT2D eigenvalue weighted by Gasteiger charge is 2.30. The molecule has 3 aromatic rings. The Hall–Kier alpha value is -3.40. The summed E-state index contributed by atoms with van der Waals surface area (Å²) in [7, 11) is 1.31. The normalized spacial score (nSPS) is 15.2. The first kappa shape index (κ1) is 23.3. The second-order valence-corrected chi connectivity index (χ2v) is 9.80. The lowest BCUT2D eigenvalue weighted by Gasteiger charge is -2.20. The number of fused-ring (bicyclic) bond motifs is 2. The van der Waals surface area contributed by atoms with E-state index < -0.39 is 5.97 Å². The van der Waals surface area contributed by atoms with Crippen LogP contribution in [-0.4, -0.2) is 58.3 Å². The summed E-state index contributed by atoms with van der Waals surface area (Å²) < 4.78 is 12.5. The van der Waals surface area contributed by atoms with E-state index in [1.807, 2.05) is 17.5 Å². The predicted octanol–water partition coefficient (Wildman–Crippen LogP) is 2.62. The van der Waals surface area contributed by atoms with Crippen LogP contribution in [0.25, 0.3) is 0 Å². The molecule has 0 spiro atoms. The molecule has 0 radical (unpaired) electrons. The van der Waals surface area contributed by atoms with Gasteiger partial charge in [-0.05, 0) is 37.1 Å². The van der Waals surface area contributed by atoms with Gasteiger partial charge in [0.05, 0.1) is 13.7 Å². The summed E-state index contributed by atoms with van der Waals surface area (Å²) in [5, 5.41) is 9.34. The van der Waals surface area contributed by atoms with E-state index >= 15 is 0 Å². The quantitative estimate of drug-likeness (QED) is 0.526. The average molecular weight is 497 g/mol. The number of rotatable bonds is 6. The van der Waals surface area contributed by atoms with Crippen molar-refractivity contribution in [1.82, 2.24) is 19.7 Å². The number of pyridine rings is 1. The van der Waals surface area contributed by atoms with Crippen LogP contribution in [0.1, 0.15) is 55.5 Å². The predicted molar refractivity (Wildman–Crippen MR) is 130 cm³/mol. The lowest BCUT2D eigenvalue weighted by atomic mass is 9.95. The van der Waals surface area contributed by atoms with Gasteiger partial charge >= 0.3 is 5.97 Å². The van der Waals surface area contributed by atoms with Crippen LogP contribution in [0.15, 0.2) is 28.4 Å². The van der Waals surface area contributed by atoms with E-state index in [2.05, 4.69) is 10.2 Å². The number of amides is 1. The molecule has 184 valence electrons. The minimum atomic E-state index is -0.555. The Morgan fingerprint density at radius 3 is 2.83 bits per heavy atom. The van der Waals surface area contributed by atoms with Gasteiger partial charge in [-0.1, -0.05) is 6.07 Å². The minimum absolute atomic E-state index is 0.141. The molecule has 0 bridgehead atoms. The maximum Gasteiger partial charge on any atom is 0.343 e. The largest absolute Gasteiger partial charge is 0.492 e. The van der Waals surface area contributed by atoms with Crippen LogP contribution >= 0.6 is 11.3 Å². The number of carbonyl (C=O) groups excluding carboxylic acids is 2. The van der Waals surface area contributed by atoms with Crippen LogP contribution in [-0.2, 0) is 37.0 Å². The number of ether oxygens (including phenoxy) is 2. The van der Waals surface area contributed by atoms with Crippen molar-refractivity contribution in [3.05, 3.63) is 67.0 Å². The van der Waals surface area contributed by atoms with Gasteiger partial charge < -0.3 is 18.9 Å². The van der Waals surface area contributed by atoms with Gasteiger partial charge in [-0.2, -0.15) is 5.10 Å². The summed E-state index contributed by atoms with van der Waals surface area (Å²) in [6.07, 6.45) is 4.91. The molecule has 0 saturated carbocycles. The van der Waals surface area contributed by atoms with Gasteiger partial charge in [0.1, 0.15) is 11.3 Å². The third kappa shape index (κ3) is 4.62. The number of esters is 1. The van der Waals surface area contributed by atoms with E-state index in [1.54, 1.807) is 20.8 Å². The molecule has 0 saturated heterocycles. The topological polar surface area (TPSA) is 107 Å². The number of hydrogen-bond acceptors (Lipinski definition) is 7. The third-order valence-corrected chi connectivity index (χ3v) is 7.65. The number of methoxy groups -OCH3 is 1. The zero-order chi connectivity index (χ0) is 24.4. The van der Waals surface area contributed by atoms with Crippen molar-refractivity contribution < 1.29 is 19.1 Å². The molecular formula is C25H28N4O5S.